The number of hydrogen-bond acceptors (Lipinski definition) is 4. The second-order valence-electron chi connectivity index (χ2n) is 5.35. The smallest absolute Gasteiger partial charge is 0.374 e. The molecular weight excluding hydrogens is 350 g/mol. The third-order valence-corrected chi connectivity index (χ3v) is 4.58. The van der Waals surface area contributed by atoms with Gasteiger partial charge in [0.05, 0.1) is 17.1 Å². The van der Waals surface area contributed by atoms with Crippen molar-refractivity contribution >= 4 is 21.9 Å². The summed E-state index contributed by atoms with van der Waals surface area (Å²) in [7, 11) is 1.60. The SMILES string of the molecule is COc1c(Br)cc2c(c1-c1cc(C(=O)O)on1)CCCCC2. The second kappa shape index (κ2) is 6.12. The van der Waals surface area contributed by atoms with Crippen molar-refractivity contribution in [3.63, 3.8) is 0 Å². The second-order valence-corrected chi connectivity index (χ2v) is 6.20. The predicted molar refractivity (Wildman–Crippen MR) is 84.4 cm³/mol. The third-order valence-electron chi connectivity index (χ3n) is 3.99. The van der Waals surface area contributed by atoms with Gasteiger partial charge >= 0.3 is 5.97 Å². The lowest BCUT2D eigenvalue weighted by Crippen LogP contribution is -2.00. The van der Waals surface area contributed by atoms with Crippen molar-refractivity contribution in [2.75, 3.05) is 7.11 Å². The number of rotatable bonds is 3. The fourth-order valence-electron chi connectivity index (χ4n) is 2.99. The van der Waals surface area contributed by atoms with Crippen molar-refractivity contribution in [2.45, 2.75) is 32.1 Å². The predicted octanol–water partition coefficient (Wildman–Crippen LogP) is 4.08. The van der Waals surface area contributed by atoms with E-state index in [4.69, 9.17) is 14.4 Å². The molecule has 0 spiro atoms. The number of ether oxygens (including phenoxy) is 1. The molecule has 1 heterocycles. The van der Waals surface area contributed by atoms with Crippen LogP contribution in [0.15, 0.2) is 21.1 Å². The molecule has 116 valence electrons. The molecule has 0 unspecified atom stereocenters. The lowest BCUT2D eigenvalue weighted by Gasteiger charge is -2.16. The van der Waals surface area contributed by atoms with Crippen molar-refractivity contribution in [2.24, 2.45) is 0 Å². The van der Waals surface area contributed by atoms with E-state index in [9.17, 15) is 4.79 Å². The maximum atomic E-state index is 11.0. The summed E-state index contributed by atoms with van der Waals surface area (Å²) in [5.41, 5.74) is 3.79. The van der Waals surface area contributed by atoms with E-state index in [1.165, 1.54) is 23.6 Å². The van der Waals surface area contributed by atoms with Gasteiger partial charge in [0.2, 0.25) is 5.76 Å². The monoisotopic (exact) mass is 365 g/mol. The minimum Gasteiger partial charge on any atom is -0.495 e. The molecule has 0 atom stereocenters. The van der Waals surface area contributed by atoms with Crippen LogP contribution in [0.3, 0.4) is 0 Å². The van der Waals surface area contributed by atoms with Crippen LogP contribution in [0.25, 0.3) is 11.3 Å². The first kappa shape index (κ1) is 15.1. The molecule has 1 aromatic heterocycles. The molecule has 0 bridgehead atoms. The van der Waals surface area contributed by atoms with Crippen LogP contribution in [0.4, 0.5) is 0 Å². The standard InChI is InChI=1S/C16H16BrNO4/c1-21-15-11(17)7-9-5-3-2-4-6-10(9)14(15)12-8-13(16(19)20)22-18-12/h7-8H,2-6H2,1H3,(H,19,20). The number of benzene rings is 1. The van der Waals surface area contributed by atoms with Crippen LogP contribution in [0.2, 0.25) is 0 Å². The van der Waals surface area contributed by atoms with Crippen molar-refractivity contribution in [3.8, 4) is 17.0 Å². The lowest BCUT2D eigenvalue weighted by molar-refractivity contribution is 0.0652. The molecule has 0 saturated carbocycles. The Labute approximate surface area is 136 Å². The lowest BCUT2D eigenvalue weighted by atomic mass is 9.94. The number of aryl methyl sites for hydroxylation is 1. The van der Waals surface area contributed by atoms with Gasteiger partial charge in [-0.1, -0.05) is 11.6 Å². The molecule has 6 heteroatoms. The summed E-state index contributed by atoms with van der Waals surface area (Å²) >= 11 is 3.55. The normalized spacial score (nSPS) is 14.3. The summed E-state index contributed by atoms with van der Waals surface area (Å²) in [5, 5.41) is 13.0. The summed E-state index contributed by atoms with van der Waals surface area (Å²) in [6, 6.07) is 3.55. The molecule has 22 heavy (non-hydrogen) atoms. The van der Waals surface area contributed by atoms with E-state index in [2.05, 4.69) is 27.2 Å². The van der Waals surface area contributed by atoms with Gasteiger partial charge in [-0.05, 0) is 58.8 Å². The molecule has 0 aliphatic heterocycles. The molecule has 2 aromatic rings. The average molecular weight is 366 g/mol. The van der Waals surface area contributed by atoms with Crippen LogP contribution >= 0.6 is 15.9 Å². The van der Waals surface area contributed by atoms with Crippen molar-refractivity contribution in [3.05, 3.63) is 33.5 Å². The highest BCUT2D eigenvalue weighted by molar-refractivity contribution is 9.10. The van der Waals surface area contributed by atoms with E-state index >= 15 is 0 Å². The highest BCUT2D eigenvalue weighted by Gasteiger charge is 2.24. The zero-order chi connectivity index (χ0) is 15.7. The highest BCUT2D eigenvalue weighted by Crippen LogP contribution is 2.42. The van der Waals surface area contributed by atoms with Crippen LogP contribution in [0, 0.1) is 0 Å². The topological polar surface area (TPSA) is 72.6 Å². The molecule has 1 N–H and O–H groups in total. The number of aromatic carboxylic acids is 1. The number of carbonyl (C=O) groups is 1. The van der Waals surface area contributed by atoms with E-state index in [1.807, 2.05) is 0 Å². The molecule has 0 saturated heterocycles. The first-order chi connectivity index (χ1) is 10.6. The highest BCUT2D eigenvalue weighted by atomic mass is 79.9. The number of aromatic nitrogens is 1. The maximum absolute atomic E-state index is 11.0. The Morgan fingerprint density at radius 1 is 1.32 bits per heavy atom. The number of nitrogens with zero attached hydrogens (tertiary/aromatic N) is 1. The molecule has 5 nitrogen and oxygen atoms in total. The quantitative estimate of drug-likeness (QED) is 0.829. The largest absolute Gasteiger partial charge is 0.495 e. The Hall–Kier alpha value is -1.82. The number of carboxylic acid groups (broad SMARTS) is 1. The first-order valence-electron chi connectivity index (χ1n) is 7.20. The summed E-state index contributed by atoms with van der Waals surface area (Å²) in [6.07, 6.45) is 5.39. The Morgan fingerprint density at radius 3 is 2.77 bits per heavy atom. The molecule has 1 aliphatic rings. The Balaban J connectivity index is 2.22. The van der Waals surface area contributed by atoms with E-state index < -0.39 is 5.97 Å². The zero-order valence-electron chi connectivity index (χ0n) is 12.2. The Kier molecular flexibility index (Phi) is 4.20. The maximum Gasteiger partial charge on any atom is 0.374 e. The number of methoxy groups -OCH3 is 1. The zero-order valence-corrected chi connectivity index (χ0v) is 13.8. The Bertz CT molecular complexity index is 723. The fraction of sp³-hybridized carbons (Fsp3) is 0.375. The van der Waals surface area contributed by atoms with E-state index in [1.54, 1.807) is 7.11 Å². The van der Waals surface area contributed by atoms with Crippen LogP contribution in [-0.2, 0) is 12.8 Å². The van der Waals surface area contributed by atoms with Gasteiger partial charge in [-0.2, -0.15) is 0 Å². The molecule has 1 aromatic carbocycles. The van der Waals surface area contributed by atoms with Gasteiger partial charge in [0, 0.05) is 6.07 Å². The van der Waals surface area contributed by atoms with Crippen LogP contribution < -0.4 is 4.74 Å². The first-order valence-corrected chi connectivity index (χ1v) is 7.99. The summed E-state index contributed by atoms with van der Waals surface area (Å²) < 4.78 is 11.3. The molecule has 1 aliphatic carbocycles. The molecular formula is C16H16BrNO4. The summed E-state index contributed by atoms with van der Waals surface area (Å²) in [6.45, 7) is 0. The molecule has 0 radical (unpaired) electrons. The average Bonchev–Trinajstić information content (AvgIpc) is 2.86. The van der Waals surface area contributed by atoms with Gasteiger partial charge in [0.1, 0.15) is 11.4 Å². The van der Waals surface area contributed by atoms with E-state index in [-0.39, 0.29) is 5.76 Å². The minimum absolute atomic E-state index is 0.167. The van der Waals surface area contributed by atoms with Crippen LogP contribution in [-0.4, -0.2) is 23.3 Å². The summed E-state index contributed by atoms with van der Waals surface area (Å²) in [4.78, 5) is 11.0. The minimum atomic E-state index is -1.13. The third kappa shape index (κ3) is 2.63. The number of halogens is 1. The van der Waals surface area contributed by atoms with E-state index in [0.717, 1.165) is 35.7 Å². The van der Waals surface area contributed by atoms with Crippen molar-refractivity contribution in [1.29, 1.82) is 0 Å². The van der Waals surface area contributed by atoms with Crippen molar-refractivity contribution < 1.29 is 19.2 Å². The summed E-state index contributed by atoms with van der Waals surface area (Å²) in [5.74, 6) is -0.621. The van der Waals surface area contributed by atoms with Gasteiger partial charge in [-0.25, -0.2) is 4.79 Å². The van der Waals surface area contributed by atoms with Crippen molar-refractivity contribution in [1.82, 2.24) is 5.16 Å². The number of fused-ring (bicyclic) bond motifs is 1. The molecule has 3 rings (SSSR count). The molecule has 0 fully saturated rings. The molecule has 0 amide bonds. The van der Waals surface area contributed by atoms with Gasteiger partial charge in [0.25, 0.3) is 0 Å². The van der Waals surface area contributed by atoms with E-state index in [0.29, 0.717) is 11.4 Å². The van der Waals surface area contributed by atoms with Gasteiger partial charge in [-0.15, -0.1) is 0 Å². The van der Waals surface area contributed by atoms with Crippen LogP contribution in [0.5, 0.6) is 5.75 Å². The van der Waals surface area contributed by atoms with Gasteiger partial charge < -0.3 is 14.4 Å². The number of hydrogen-bond donors (Lipinski definition) is 1. The van der Waals surface area contributed by atoms with Gasteiger partial charge in [-0.3, -0.25) is 0 Å². The van der Waals surface area contributed by atoms with Crippen LogP contribution in [0.1, 0.15) is 40.9 Å². The fourth-order valence-corrected chi connectivity index (χ4v) is 3.63. The Morgan fingerprint density at radius 2 is 2.09 bits per heavy atom. The number of carboxylic acids is 1. The van der Waals surface area contributed by atoms with Gasteiger partial charge in [0.15, 0.2) is 0 Å².